The van der Waals surface area contributed by atoms with Crippen LogP contribution < -0.4 is 10.2 Å². The van der Waals surface area contributed by atoms with Gasteiger partial charge in [0.2, 0.25) is 0 Å². The highest BCUT2D eigenvalue weighted by Crippen LogP contribution is 2.38. The van der Waals surface area contributed by atoms with Crippen molar-refractivity contribution < 1.29 is 13.2 Å². The molecular weight excluding hydrogens is 333 g/mol. The molecule has 20 heavy (non-hydrogen) atoms. The van der Waals surface area contributed by atoms with Gasteiger partial charge in [-0.15, -0.1) is 0 Å². The van der Waals surface area contributed by atoms with E-state index in [1.165, 1.54) is 6.07 Å². The molecular formula is C14H18BrF3N2. The molecule has 0 spiro atoms. The van der Waals surface area contributed by atoms with Crippen molar-refractivity contribution in [3.8, 4) is 0 Å². The van der Waals surface area contributed by atoms with Gasteiger partial charge in [-0.05, 0) is 50.0 Å². The molecule has 2 rings (SSSR count). The number of halogens is 4. The van der Waals surface area contributed by atoms with Crippen LogP contribution in [0, 0.1) is 5.92 Å². The van der Waals surface area contributed by atoms with E-state index < -0.39 is 11.7 Å². The van der Waals surface area contributed by atoms with Gasteiger partial charge in [-0.3, -0.25) is 0 Å². The molecule has 1 aromatic rings. The molecule has 0 aromatic heterocycles. The van der Waals surface area contributed by atoms with Crippen LogP contribution >= 0.6 is 15.9 Å². The number of rotatable bonds is 3. The number of nitrogens with zero attached hydrogens (tertiary/aromatic N) is 1. The molecule has 2 nitrogen and oxygen atoms in total. The predicted molar refractivity (Wildman–Crippen MR) is 78.0 cm³/mol. The lowest BCUT2D eigenvalue weighted by Crippen LogP contribution is -2.37. The third-order valence-corrected chi connectivity index (χ3v) is 4.10. The molecule has 1 aliphatic heterocycles. The smallest absolute Gasteiger partial charge is 0.374 e. The lowest BCUT2D eigenvalue weighted by atomic mass is 9.98. The normalized spacial score (nSPS) is 19.9. The van der Waals surface area contributed by atoms with E-state index in [9.17, 15) is 13.2 Å². The van der Waals surface area contributed by atoms with Gasteiger partial charge in [-0.1, -0.05) is 15.9 Å². The van der Waals surface area contributed by atoms with Gasteiger partial charge in [-0.2, -0.15) is 13.2 Å². The Labute approximate surface area is 125 Å². The van der Waals surface area contributed by atoms with Crippen molar-refractivity contribution >= 4 is 21.6 Å². The molecule has 0 bridgehead atoms. The highest BCUT2D eigenvalue weighted by atomic mass is 79.9. The number of piperidine rings is 1. The standard InChI is InChI=1S/C14H18BrF3N2/c1-20(9-10-3-2-6-19-8-10)13-7-11(15)4-5-12(13)14(16,17)18/h4-5,7,10,19H,2-3,6,8-9H2,1H3. The van der Waals surface area contributed by atoms with E-state index in [1.54, 1.807) is 18.0 Å². The van der Waals surface area contributed by atoms with Crippen LogP contribution in [0.4, 0.5) is 18.9 Å². The zero-order valence-corrected chi connectivity index (χ0v) is 12.9. The quantitative estimate of drug-likeness (QED) is 0.889. The zero-order valence-electron chi connectivity index (χ0n) is 11.3. The molecule has 0 saturated carbocycles. The largest absolute Gasteiger partial charge is 0.418 e. The molecule has 1 heterocycles. The van der Waals surface area contributed by atoms with Gasteiger partial charge in [0, 0.05) is 23.8 Å². The maximum atomic E-state index is 13.1. The zero-order chi connectivity index (χ0) is 14.8. The molecule has 1 N–H and O–H groups in total. The van der Waals surface area contributed by atoms with E-state index in [1.807, 2.05) is 0 Å². The first-order chi connectivity index (χ1) is 9.38. The number of hydrogen-bond donors (Lipinski definition) is 1. The number of anilines is 1. The first-order valence-corrected chi connectivity index (χ1v) is 7.46. The van der Waals surface area contributed by atoms with Crippen LogP contribution in [0.15, 0.2) is 22.7 Å². The number of benzene rings is 1. The fourth-order valence-electron chi connectivity index (χ4n) is 2.63. The lowest BCUT2D eigenvalue weighted by molar-refractivity contribution is -0.137. The summed E-state index contributed by atoms with van der Waals surface area (Å²) in [4.78, 5) is 1.71. The summed E-state index contributed by atoms with van der Waals surface area (Å²) in [6.45, 7) is 2.51. The Morgan fingerprint density at radius 3 is 2.75 bits per heavy atom. The maximum absolute atomic E-state index is 13.1. The van der Waals surface area contributed by atoms with Crippen LogP contribution in [0.3, 0.4) is 0 Å². The second-order valence-corrected chi connectivity index (χ2v) is 6.17. The summed E-state index contributed by atoms with van der Waals surface area (Å²) < 4.78 is 39.9. The van der Waals surface area contributed by atoms with Crippen molar-refractivity contribution in [1.29, 1.82) is 0 Å². The van der Waals surface area contributed by atoms with Gasteiger partial charge in [-0.25, -0.2) is 0 Å². The van der Waals surface area contributed by atoms with E-state index in [0.29, 0.717) is 16.9 Å². The molecule has 0 aliphatic carbocycles. The molecule has 1 aliphatic rings. The topological polar surface area (TPSA) is 15.3 Å². The Morgan fingerprint density at radius 2 is 2.15 bits per heavy atom. The van der Waals surface area contributed by atoms with Crippen molar-refractivity contribution in [1.82, 2.24) is 5.32 Å². The molecule has 1 saturated heterocycles. The SMILES string of the molecule is CN(CC1CCCNC1)c1cc(Br)ccc1C(F)(F)F. The van der Waals surface area contributed by atoms with E-state index in [4.69, 9.17) is 0 Å². The van der Waals surface area contributed by atoms with E-state index >= 15 is 0 Å². The minimum atomic E-state index is -4.32. The summed E-state index contributed by atoms with van der Waals surface area (Å²) in [6.07, 6.45) is -2.18. The number of nitrogens with one attached hydrogen (secondary N) is 1. The van der Waals surface area contributed by atoms with Crippen molar-refractivity contribution in [2.45, 2.75) is 19.0 Å². The summed E-state index contributed by atoms with van der Waals surface area (Å²) in [5.41, 5.74) is -0.343. The van der Waals surface area contributed by atoms with Crippen LogP contribution in [0.25, 0.3) is 0 Å². The van der Waals surface area contributed by atoms with Crippen molar-refractivity contribution in [2.24, 2.45) is 5.92 Å². The van der Waals surface area contributed by atoms with E-state index in [0.717, 1.165) is 32.0 Å². The number of alkyl halides is 3. The number of hydrogen-bond acceptors (Lipinski definition) is 2. The van der Waals surface area contributed by atoms with Crippen LogP contribution in [0.5, 0.6) is 0 Å². The molecule has 1 unspecified atom stereocenters. The highest BCUT2D eigenvalue weighted by Gasteiger charge is 2.34. The lowest BCUT2D eigenvalue weighted by Gasteiger charge is -2.30. The molecule has 1 atom stereocenters. The predicted octanol–water partition coefficient (Wildman–Crippen LogP) is 3.90. The molecule has 112 valence electrons. The fourth-order valence-corrected chi connectivity index (χ4v) is 2.97. The monoisotopic (exact) mass is 350 g/mol. The first kappa shape index (κ1) is 15.6. The van der Waals surface area contributed by atoms with Gasteiger partial charge >= 0.3 is 6.18 Å². The summed E-state index contributed by atoms with van der Waals surface area (Å²) in [6, 6.07) is 4.11. The van der Waals surface area contributed by atoms with E-state index in [-0.39, 0.29) is 5.69 Å². The average Bonchev–Trinajstić information content (AvgIpc) is 2.38. The Bertz CT molecular complexity index is 456. The second kappa shape index (κ2) is 6.35. The Hall–Kier alpha value is -0.750. The second-order valence-electron chi connectivity index (χ2n) is 5.25. The molecule has 1 fully saturated rings. The van der Waals surface area contributed by atoms with Crippen LogP contribution in [0.1, 0.15) is 18.4 Å². The van der Waals surface area contributed by atoms with Crippen molar-refractivity contribution in [3.05, 3.63) is 28.2 Å². The first-order valence-electron chi connectivity index (χ1n) is 6.66. The summed E-state index contributed by atoms with van der Waals surface area (Å²) in [5.74, 6) is 0.397. The summed E-state index contributed by atoms with van der Waals surface area (Å²) in [7, 11) is 1.73. The van der Waals surface area contributed by atoms with Gasteiger partial charge in [0.15, 0.2) is 0 Å². The fraction of sp³-hybridized carbons (Fsp3) is 0.571. The van der Waals surface area contributed by atoms with Crippen LogP contribution in [0.2, 0.25) is 0 Å². The van der Waals surface area contributed by atoms with Gasteiger partial charge in [0.1, 0.15) is 0 Å². The van der Waals surface area contributed by atoms with Crippen molar-refractivity contribution in [2.75, 3.05) is 31.6 Å². The van der Waals surface area contributed by atoms with Crippen LogP contribution in [-0.2, 0) is 6.18 Å². The van der Waals surface area contributed by atoms with Crippen molar-refractivity contribution in [3.63, 3.8) is 0 Å². The average molecular weight is 351 g/mol. The van der Waals surface area contributed by atoms with Gasteiger partial charge < -0.3 is 10.2 Å². The molecule has 1 aromatic carbocycles. The minimum Gasteiger partial charge on any atom is -0.374 e. The molecule has 0 radical (unpaired) electrons. The van der Waals surface area contributed by atoms with Gasteiger partial charge in [0.05, 0.1) is 5.56 Å². The third kappa shape index (κ3) is 3.88. The highest BCUT2D eigenvalue weighted by molar-refractivity contribution is 9.10. The van der Waals surface area contributed by atoms with Gasteiger partial charge in [0.25, 0.3) is 0 Å². The third-order valence-electron chi connectivity index (χ3n) is 3.61. The summed E-state index contributed by atoms with van der Waals surface area (Å²) >= 11 is 3.25. The van der Waals surface area contributed by atoms with E-state index in [2.05, 4.69) is 21.2 Å². The van der Waals surface area contributed by atoms with Crippen LogP contribution in [-0.4, -0.2) is 26.7 Å². The molecule has 0 amide bonds. The minimum absolute atomic E-state index is 0.234. The summed E-state index contributed by atoms with van der Waals surface area (Å²) in [5, 5.41) is 3.29. The maximum Gasteiger partial charge on any atom is 0.418 e. The molecule has 6 heteroatoms. The Morgan fingerprint density at radius 1 is 1.40 bits per heavy atom. The Kier molecular flexibility index (Phi) is 4.96. The Balaban J connectivity index is 2.19.